The van der Waals surface area contributed by atoms with E-state index in [4.69, 9.17) is 24.7 Å². The van der Waals surface area contributed by atoms with Crippen molar-refractivity contribution in [3.8, 4) is 23.0 Å². The summed E-state index contributed by atoms with van der Waals surface area (Å²) in [6.07, 6.45) is 0. The molecule has 1 aromatic rings. The lowest BCUT2D eigenvalue weighted by molar-refractivity contribution is 0.285. The summed E-state index contributed by atoms with van der Waals surface area (Å²) in [7, 11) is 4.68. The summed E-state index contributed by atoms with van der Waals surface area (Å²) in [5.74, 6) is 2.30. The van der Waals surface area contributed by atoms with Crippen molar-refractivity contribution in [3.63, 3.8) is 0 Å². The van der Waals surface area contributed by atoms with Crippen LogP contribution in [0.3, 0.4) is 0 Å². The first-order chi connectivity index (χ1) is 8.12. The normalized spacial score (nSPS) is 11.8. The molecule has 0 spiro atoms. The SMILES string of the molecule is COc1cc(OCC(C)N)cc(OC)c1OC. The molecule has 0 aliphatic rings. The van der Waals surface area contributed by atoms with Gasteiger partial charge in [0.2, 0.25) is 5.75 Å². The van der Waals surface area contributed by atoms with Crippen molar-refractivity contribution in [2.75, 3.05) is 27.9 Å². The van der Waals surface area contributed by atoms with Gasteiger partial charge in [0.05, 0.1) is 21.3 Å². The number of ether oxygens (including phenoxy) is 4. The van der Waals surface area contributed by atoms with E-state index in [0.29, 0.717) is 29.6 Å². The molecular weight excluding hydrogens is 222 g/mol. The number of hydrogen-bond donors (Lipinski definition) is 1. The van der Waals surface area contributed by atoms with E-state index >= 15 is 0 Å². The Bertz CT molecular complexity index is 341. The van der Waals surface area contributed by atoms with Crippen LogP contribution >= 0.6 is 0 Å². The fourth-order valence-corrected chi connectivity index (χ4v) is 1.37. The van der Waals surface area contributed by atoms with Gasteiger partial charge < -0.3 is 24.7 Å². The van der Waals surface area contributed by atoms with Crippen molar-refractivity contribution in [2.45, 2.75) is 13.0 Å². The summed E-state index contributed by atoms with van der Waals surface area (Å²) in [5.41, 5.74) is 5.63. The number of nitrogens with two attached hydrogens (primary N) is 1. The monoisotopic (exact) mass is 241 g/mol. The molecule has 1 aromatic carbocycles. The number of methoxy groups -OCH3 is 3. The van der Waals surface area contributed by atoms with Crippen LogP contribution in [0.25, 0.3) is 0 Å². The van der Waals surface area contributed by atoms with Gasteiger partial charge in [0.25, 0.3) is 0 Å². The highest BCUT2D eigenvalue weighted by atomic mass is 16.5. The van der Waals surface area contributed by atoms with E-state index in [9.17, 15) is 0 Å². The van der Waals surface area contributed by atoms with E-state index in [0.717, 1.165) is 0 Å². The smallest absolute Gasteiger partial charge is 0.203 e. The second-order valence-electron chi connectivity index (χ2n) is 3.65. The maximum atomic E-state index is 5.63. The van der Waals surface area contributed by atoms with E-state index in [1.807, 2.05) is 6.92 Å². The van der Waals surface area contributed by atoms with Gasteiger partial charge in [-0.25, -0.2) is 0 Å². The molecule has 1 atom stereocenters. The van der Waals surface area contributed by atoms with Crippen LogP contribution in [-0.4, -0.2) is 34.0 Å². The standard InChI is InChI=1S/C12H19NO4/c1-8(13)7-17-9-5-10(14-2)12(16-4)11(6-9)15-3/h5-6,8H,7,13H2,1-4H3. The Kier molecular flexibility index (Phi) is 4.90. The van der Waals surface area contributed by atoms with Gasteiger partial charge >= 0.3 is 0 Å². The zero-order valence-electron chi connectivity index (χ0n) is 10.6. The van der Waals surface area contributed by atoms with Crippen LogP contribution in [0.5, 0.6) is 23.0 Å². The van der Waals surface area contributed by atoms with Gasteiger partial charge in [0.15, 0.2) is 11.5 Å². The van der Waals surface area contributed by atoms with Gasteiger partial charge in [-0.3, -0.25) is 0 Å². The van der Waals surface area contributed by atoms with Crippen molar-refractivity contribution in [1.82, 2.24) is 0 Å². The molecule has 96 valence electrons. The molecule has 0 bridgehead atoms. The van der Waals surface area contributed by atoms with Crippen molar-refractivity contribution >= 4 is 0 Å². The Morgan fingerprint density at radius 2 is 1.59 bits per heavy atom. The zero-order valence-corrected chi connectivity index (χ0v) is 10.6. The van der Waals surface area contributed by atoms with Gasteiger partial charge in [0.1, 0.15) is 12.4 Å². The second-order valence-corrected chi connectivity index (χ2v) is 3.65. The molecule has 0 saturated heterocycles. The summed E-state index contributed by atoms with van der Waals surface area (Å²) >= 11 is 0. The molecule has 0 aromatic heterocycles. The maximum absolute atomic E-state index is 5.63. The number of hydrogen-bond acceptors (Lipinski definition) is 5. The molecule has 0 fully saturated rings. The van der Waals surface area contributed by atoms with E-state index < -0.39 is 0 Å². The molecular formula is C12H19NO4. The molecule has 1 rings (SSSR count). The van der Waals surface area contributed by atoms with E-state index in [1.165, 1.54) is 0 Å². The third kappa shape index (κ3) is 3.42. The van der Waals surface area contributed by atoms with Crippen LogP contribution in [0.2, 0.25) is 0 Å². The first-order valence-electron chi connectivity index (χ1n) is 5.30. The van der Waals surface area contributed by atoms with Crippen molar-refractivity contribution < 1.29 is 18.9 Å². The van der Waals surface area contributed by atoms with Gasteiger partial charge in [-0.05, 0) is 6.92 Å². The fourth-order valence-electron chi connectivity index (χ4n) is 1.37. The Morgan fingerprint density at radius 3 is 1.94 bits per heavy atom. The third-order valence-electron chi connectivity index (χ3n) is 2.15. The topological polar surface area (TPSA) is 62.9 Å². The fraction of sp³-hybridized carbons (Fsp3) is 0.500. The Balaban J connectivity index is 3.00. The summed E-state index contributed by atoms with van der Waals surface area (Å²) < 4.78 is 21.1. The highest BCUT2D eigenvalue weighted by Gasteiger charge is 2.13. The quantitative estimate of drug-likeness (QED) is 0.816. The third-order valence-corrected chi connectivity index (χ3v) is 2.15. The molecule has 5 nitrogen and oxygen atoms in total. The lowest BCUT2D eigenvalue weighted by atomic mass is 10.2. The van der Waals surface area contributed by atoms with Gasteiger partial charge in [-0.15, -0.1) is 0 Å². The van der Waals surface area contributed by atoms with Crippen molar-refractivity contribution in [2.24, 2.45) is 5.73 Å². The molecule has 0 heterocycles. The minimum absolute atomic E-state index is 0.0332. The molecule has 0 saturated carbocycles. The van der Waals surface area contributed by atoms with E-state index in [1.54, 1.807) is 33.5 Å². The second kappa shape index (κ2) is 6.20. The van der Waals surface area contributed by atoms with Crippen LogP contribution in [0.15, 0.2) is 12.1 Å². The number of rotatable bonds is 6. The molecule has 0 aliphatic carbocycles. The summed E-state index contributed by atoms with van der Waals surface area (Å²) in [4.78, 5) is 0. The van der Waals surface area contributed by atoms with E-state index in [2.05, 4.69) is 0 Å². The lowest BCUT2D eigenvalue weighted by Crippen LogP contribution is -2.23. The van der Waals surface area contributed by atoms with Crippen LogP contribution in [-0.2, 0) is 0 Å². The Hall–Kier alpha value is -1.62. The predicted molar refractivity (Wildman–Crippen MR) is 65.2 cm³/mol. The van der Waals surface area contributed by atoms with Gasteiger partial charge in [-0.2, -0.15) is 0 Å². The molecule has 2 N–H and O–H groups in total. The van der Waals surface area contributed by atoms with Crippen LogP contribution in [0, 0.1) is 0 Å². The molecule has 1 unspecified atom stereocenters. The van der Waals surface area contributed by atoms with Crippen LogP contribution in [0.1, 0.15) is 6.92 Å². The summed E-state index contributed by atoms with van der Waals surface area (Å²) in [6, 6.07) is 3.45. The summed E-state index contributed by atoms with van der Waals surface area (Å²) in [6.45, 7) is 2.30. The van der Waals surface area contributed by atoms with E-state index in [-0.39, 0.29) is 6.04 Å². The number of benzene rings is 1. The average Bonchev–Trinajstić information content (AvgIpc) is 2.34. The minimum atomic E-state index is -0.0332. The molecule has 0 radical (unpaired) electrons. The van der Waals surface area contributed by atoms with Crippen molar-refractivity contribution in [1.29, 1.82) is 0 Å². The zero-order chi connectivity index (χ0) is 12.8. The largest absolute Gasteiger partial charge is 0.493 e. The van der Waals surface area contributed by atoms with Crippen LogP contribution < -0.4 is 24.7 Å². The molecule has 0 amide bonds. The summed E-state index contributed by atoms with van der Waals surface area (Å²) in [5, 5.41) is 0. The Morgan fingerprint density at radius 1 is 1.06 bits per heavy atom. The van der Waals surface area contributed by atoms with Crippen molar-refractivity contribution in [3.05, 3.63) is 12.1 Å². The highest BCUT2D eigenvalue weighted by molar-refractivity contribution is 5.55. The molecule has 0 aliphatic heterocycles. The minimum Gasteiger partial charge on any atom is -0.493 e. The van der Waals surface area contributed by atoms with Crippen LogP contribution in [0.4, 0.5) is 0 Å². The Labute approximate surface area is 101 Å². The average molecular weight is 241 g/mol. The lowest BCUT2D eigenvalue weighted by Gasteiger charge is -2.15. The maximum Gasteiger partial charge on any atom is 0.203 e. The first kappa shape index (κ1) is 13.4. The predicted octanol–water partition coefficient (Wildman–Crippen LogP) is 1.44. The van der Waals surface area contributed by atoms with Gasteiger partial charge in [-0.1, -0.05) is 0 Å². The molecule has 5 heteroatoms. The molecule has 17 heavy (non-hydrogen) atoms. The van der Waals surface area contributed by atoms with Gasteiger partial charge in [0, 0.05) is 18.2 Å². The first-order valence-corrected chi connectivity index (χ1v) is 5.30. The highest BCUT2D eigenvalue weighted by Crippen LogP contribution is 2.40.